The summed E-state index contributed by atoms with van der Waals surface area (Å²) in [5, 5.41) is 30.8. The second-order valence-electron chi connectivity index (χ2n) is 21.4. The molecule has 105 heavy (non-hydrogen) atoms. The van der Waals surface area contributed by atoms with Crippen molar-refractivity contribution in [3.63, 3.8) is 0 Å². The van der Waals surface area contributed by atoms with E-state index in [2.05, 4.69) is 92.4 Å². The second-order valence-corrected chi connectivity index (χ2v) is 32.5. The molecule has 0 saturated heterocycles. The third kappa shape index (κ3) is 17.8. The Morgan fingerprint density at radius 1 is 0.752 bits per heavy atom. The van der Waals surface area contributed by atoms with Gasteiger partial charge in [-0.2, -0.15) is 68.0 Å². The van der Waals surface area contributed by atoms with Crippen LogP contribution in [0, 0.1) is 13.0 Å². The number of hydrogen-bond acceptors (Lipinski definition) is 37. The van der Waals surface area contributed by atoms with Gasteiger partial charge in [-0.05, 0) is 91.7 Å². The van der Waals surface area contributed by atoms with Gasteiger partial charge in [0.15, 0.2) is 54.0 Å². The molecule has 53 heteroatoms. The maximum atomic E-state index is 14.7. The fourth-order valence-electron chi connectivity index (χ4n) is 9.65. The summed E-state index contributed by atoms with van der Waals surface area (Å²) >= 11 is 15.2. The zero-order chi connectivity index (χ0) is 77.2. The van der Waals surface area contributed by atoms with E-state index in [9.17, 15) is 102 Å². The second kappa shape index (κ2) is 29.2. The Labute approximate surface area is 606 Å². The van der Waals surface area contributed by atoms with Crippen LogP contribution < -0.4 is 42.2 Å². The standard InChI is InChI=1S/C52H47Cl3FN17O25S7/c1-5-99(76,77)24-8-6-23(7-9-24)61-51-68-48(56)67-49(69-51)57-14-15-73-45(74)25(19-100(78,79)80)21(3)36(46(73)75)72-71-31-16-30(32(101(81,82)83)17-33(31)102(84,85)86)64-52-66-47(55)65-50(70-52)59-20(2)18-58-28-12-10-26-39(43(28)103(87,88)89)96-41-34(53)38-42(35(54)37(41)62-26)97-40-27(63-38)11-13-29(44(40)104(90,91)92)60-22(4)98-105(93,94)95/h5-13,16-17,20,63,74,81-83,93-95H,1,14-15,18-19H2,2-4H3,(H,78,79,80)(H,84,85,86)(H,87,88,89)(H,90,91,92)(H2,57,61,67,68,69)(H2,59,64,65,66,70). The first-order valence-corrected chi connectivity index (χ1v) is 39.7. The Kier molecular flexibility index (Phi) is 21.8. The van der Waals surface area contributed by atoms with Gasteiger partial charge in [-0.15, -0.1) is 10.2 Å². The molecular formula is C52H47Cl3FN17O25S7. The minimum absolute atomic E-state index is 0.116. The molecule has 10 rings (SSSR count). The number of aliphatic imine (C=N–C) groups is 1. The Morgan fingerprint density at radius 3 is 2.03 bits per heavy atom. The summed E-state index contributed by atoms with van der Waals surface area (Å²) in [6.45, 7) is 5.10. The third-order valence-corrected chi connectivity index (χ3v) is 21.0. The van der Waals surface area contributed by atoms with Crippen molar-refractivity contribution in [3.8, 4) is 28.8 Å². The quantitative estimate of drug-likeness (QED) is 0.00879. The molecule has 4 aromatic carbocycles. The van der Waals surface area contributed by atoms with Gasteiger partial charge >= 0.3 is 26.3 Å². The third-order valence-electron chi connectivity index (χ3n) is 14.0. The number of halogens is 4. The van der Waals surface area contributed by atoms with Gasteiger partial charge in [0.1, 0.15) is 54.1 Å². The summed E-state index contributed by atoms with van der Waals surface area (Å²) in [5.41, 5.74) is -7.09. The minimum Gasteiger partial charge on any atom is -0.494 e. The molecule has 1 unspecified atom stereocenters. The topological polar surface area (TPSA) is 647 Å². The maximum absolute atomic E-state index is 14.7. The monoisotopic (exact) mass is 1660 g/mol. The van der Waals surface area contributed by atoms with E-state index in [1.165, 1.54) is 37.3 Å². The Bertz CT molecular complexity index is 5900. The molecule has 3 aliphatic rings. The molecule has 0 saturated carbocycles. The van der Waals surface area contributed by atoms with Gasteiger partial charge in [-0.3, -0.25) is 46.2 Å². The Hall–Kier alpha value is -9.27. The molecule has 0 spiro atoms. The van der Waals surface area contributed by atoms with Crippen molar-refractivity contribution in [1.82, 2.24) is 39.5 Å². The van der Waals surface area contributed by atoms with Crippen LogP contribution in [0.25, 0.3) is 22.6 Å². The number of ether oxygens (including phenoxy) is 1. The molecule has 0 amide bonds. The lowest BCUT2D eigenvalue weighted by atomic mass is 10.1. The van der Waals surface area contributed by atoms with Crippen molar-refractivity contribution in [1.29, 1.82) is 0 Å². The number of nitrogens with zero attached hydrogens (tertiary/aromatic N) is 12. The molecule has 1 atom stereocenters. The molecule has 1 aliphatic carbocycles. The van der Waals surface area contributed by atoms with E-state index >= 15 is 0 Å². The van der Waals surface area contributed by atoms with Gasteiger partial charge < -0.3 is 58.7 Å². The average Bonchev–Trinajstić information content (AvgIpc) is 0.723. The number of pyridine rings is 1. The van der Waals surface area contributed by atoms with E-state index in [1.807, 2.05) is 0 Å². The van der Waals surface area contributed by atoms with Crippen LogP contribution in [0.1, 0.15) is 25.0 Å². The zero-order valence-corrected chi connectivity index (χ0v) is 60.3. The molecule has 2 aliphatic heterocycles. The first kappa shape index (κ1) is 78.3. The van der Waals surface area contributed by atoms with Crippen LogP contribution in [-0.4, -0.2) is 157 Å². The summed E-state index contributed by atoms with van der Waals surface area (Å²) in [6.07, 6.45) is -1.35. The highest BCUT2D eigenvalue weighted by Gasteiger charge is 2.36. The largest absolute Gasteiger partial charge is 0.494 e. The number of benzene rings is 5. The van der Waals surface area contributed by atoms with Crippen LogP contribution in [0.15, 0.2) is 127 Å². The lowest BCUT2D eigenvalue weighted by molar-refractivity contribution is 0.282. The molecule has 0 fully saturated rings. The number of nitrogens with one attached hydrogen (secondary N) is 5. The lowest BCUT2D eigenvalue weighted by Gasteiger charge is -2.26. The van der Waals surface area contributed by atoms with Crippen molar-refractivity contribution < 1.29 is 110 Å². The number of rotatable bonds is 24. The normalized spacial score (nSPS) is 14.0. The van der Waals surface area contributed by atoms with E-state index in [4.69, 9.17) is 44.0 Å². The van der Waals surface area contributed by atoms with Gasteiger partial charge in [-0.25, -0.2) is 18.4 Å². The van der Waals surface area contributed by atoms with Crippen molar-refractivity contribution in [2.45, 2.75) is 63.6 Å². The first-order valence-electron chi connectivity index (χ1n) is 28.1. The number of sulfone groups is 1. The van der Waals surface area contributed by atoms with Gasteiger partial charge in [0.2, 0.25) is 35.0 Å². The summed E-state index contributed by atoms with van der Waals surface area (Å²) < 4.78 is 259. The summed E-state index contributed by atoms with van der Waals surface area (Å²) in [5.74, 6) is -6.85. The number of aromatic hydroxyl groups is 1. The molecular weight excluding hydrogens is 1610 g/mol. The van der Waals surface area contributed by atoms with Crippen LogP contribution in [0.5, 0.6) is 17.4 Å². The van der Waals surface area contributed by atoms with Crippen LogP contribution in [0.2, 0.25) is 15.3 Å². The summed E-state index contributed by atoms with van der Waals surface area (Å²) in [6, 6.07) is 9.37. The van der Waals surface area contributed by atoms with Crippen LogP contribution in [0.3, 0.4) is 0 Å². The highest BCUT2D eigenvalue weighted by molar-refractivity contribution is 8.19. The molecule has 3 aromatic heterocycles. The number of fused-ring (bicyclic) bond motifs is 4. The van der Waals surface area contributed by atoms with Crippen molar-refractivity contribution in [3.05, 3.63) is 121 Å². The minimum atomic E-state index is -5.57. The molecule has 0 radical (unpaired) electrons. The fourth-order valence-corrected chi connectivity index (χ4v) is 15.0. The number of anilines is 8. The van der Waals surface area contributed by atoms with Gasteiger partial charge in [0.05, 0.1) is 38.8 Å². The number of aromatic nitrogens is 8. The van der Waals surface area contributed by atoms with E-state index in [-0.39, 0.29) is 33.2 Å². The van der Waals surface area contributed by atoms with Crippen molar-refractivity contribution >= 4 is 188 Å². The van der Waals surface area contributed by atoms with Crippen LogP contribution in [0.4, 0.5) is 68.0 Å². The average molecular weight is 1660 g/mol. The highest BCUT2D eigenvalue weighted by atomic mass is 35.5. The number of hydrogen-bond donors (Lipinski definition) is 16. The fraction of sp³-hybridized carbons (Fsp3) is 0.154. The van der Waals surface area contributed by atoms with Crippen molar-refractivity contribution in [2.24, 2.45) is 20.2 Å². The lowest BCUT2D eigenvalue weighted by Crippen LogP contribution is -2.26. The Balaban J connectivity index is 0.928. The molecule has 16 N–H and O–H groups in total. The number of azo groups is 1. The molecule has 5 heterocycles. The van der Waals surface area contributed by atoms with Crippen LogP contribution in [-0.2, 0) is 66.8 Å². The summed E-state index contributed by atoms with van der Waals surface area (Å²) in [4.78, 5) is 45.1. The molecule has 7 aromatic rings. The van der Waals surface area contributed by atoms with E-state index in [1.54, 1.807) is 0 Å². The first-order chi connectivity index (χ1) is 48.7. The SMILES string of the molecule is C=CS(=O)(=O)c1ccc(Nc2nc(F)nc(NCCn3c(O)c(CS(=O)(=O)O)c(C)c(N=Nc4cc(Nc5nc(Cl)nc(NC(C)CN=c6ccc7nc8c(Cl)c9c(c(Cl)c8oc-7c6S(=O)(=O)O)Nc6ccc(N=C(C)OS(O)(O)O)c(S(=O)(=O)O)c6O9)n5)c(S(O)(O)O)cc4S(=O)(=O)O)c3=O)n2)cc1. The van der Waals surface area contributed by atoms with Crippen molar-refractivity contribution in [2.75, 3.05) is 39.7 Å². The Morgan fingerprint density at radius 2 is 1.40 bits per heavy atom. The molecule has 560 valence electrons. The van der Waals surface area contributed by atoms with Crippen LogP contribution >= 0.6 is 56.8 Å². The van der Waals surface area contributed by atoms with E-state index in [0.29, 0.717) is 16.7 Å². The maximum Gasteiger partial charge on any atom is 0.315 e. The van der Waals surface area contributed by atoms with Gasteiger partial charge in [-0.1, -0.05) is 29.8 Å². The van der Waals surface area contributed by atoms with E-state index < -0.39 is 248 Å². The molecule has 0 bridgehead atoms. The predicted octanol–water partition coefficient (Wildman–Crippen LogP) is 9.68. The highest BCUT2D eigenvalue weighted by Crippen LogP contribution is 2.56. The molecule has 42 nitrogen and oxygen atoms in total. The summed E-state index contributed by atoms with van der Waals surface area (Å²) in [7, 11) is -30.1. The van der Waals surface area contributed by atoms with Gasteiger partial charge in [0.25, 0.3) is 36.9 Å². The predicted molar refractivity (Wildman–Crippen MR) is 373 cm³/mol. The van der Waals surface area contributed by atoms with E-state index in [0.717, 1.165) is 37.5 Å². The smallest absolute Gasteiger partial charge is 0.315 e. The van der Waals surface area contributed by atoms with Gasteiger partial charge in [0, 0.05) is 42.7 Å². The zero-order valence-electron chi connectivity index (χ0n) is 52.3.